The summed E-state index contributed by atoms with van der Waals surface area (Å²) in [6.45, 7) is 4.06. The summed E-state index contributed by atoms with van der Waals surface area (Å²) >= 11 is 2.11. The molecule has 0 saturated heterocycles. The topological polar surface area (TPSA) is 121 Å². The molecule has 2 aromatic heterocycles. The average molecular weight is 416 g/mol. The number of nitro groups is 2. The van der Waals surface area contributed by atoms with Gasteiger partial charge < -0.3 is 4.57 Å². The van der Waals surface area contributed by atoms with Crippen molar-refractivity contribution in [2.45, 2.75) is 6.54 Å². The molecule has 142 valence electrons. The quantitative estimate of drug-likeness (QED) is 0.261. The molecule has 11 heteroatoms. The van der Waals surface area contributed by atoms with Crippen LogP contribution in [0.25, 0.3) is 16.3 Å². The van der Waals surface area contributed by atoms with Gasteiger partial charge in [0, 0.05) is 35.7 Å². The Morgan fingerprint density at radius 2 is 1.96 bits per heavy atom. The largest absolute Gasteiger partial charge is 0.324 e. The maximum Gasteiger partial charge on any atom is 0.324 e. The Morgan fingerprint density at radius 1 is 1.18 bits per heavy atom. The Hall–Kier alpha value is -3.44. The molecule has 3 aromatic rings. The number of thiazole rings is 1. The third-order valence-electron chi connectivity index (χ3n) is 3.58. The second-order valence-electron chi connectivity index (χ2n) is 5.41. The van der Waals surface area contributed by atoms with Crippen LogP contribution in [0.3, 0.4) is 0 Å². The number of allylic oxidation sites excluding steroid dienone is 1. The fourth-order valence-corrected chi connectivity index (χ4v) is 4.18. The summed E-state index contributed by atoms with van der Waals surface area (Å²) in [5.41, 5.74) is 0.663. The van der Waals surface area contributed by atoms with E-state index in [2.05, 4.69) is 11.6 Å². The van der Waals surface area contributed by atoms with Gasteiger partial charge in [0.2, 0.25) is 0 Å². The second-order valence-corrected chi connectivity index (χ2v) is 7.51. The van der Waals surface area contributed by atoms with E-state index in [-0.39, 0.29) is 10.7 Å². The number of rotatable bonds is 6. The van der Waals surface area contributed by atoms with Crippen molar-refractivity contribution < 1.29 is 14.6 Å². The first-order valence-corrected chi connectivity index (χ1v) is 9.42. The van der Waals surface area contributed by atoms with Gasteiger partial charge in [-0.15, -0.1) is 6.58 Å². The zero-order chi connectivity index (χ0) is 20.3. The van der Waals surface area contributed by atoms with Crippen LogP contribution in [0.4, 0.5) is 10.7 Å². The van der Waals surface area contributed by atoms with Gasteiger partial charge in [-0.05, 0) is 18.2 Å². The first kappa shape index (κ1) is 19.3. The van der Waals surface area contributed by atoms with Crippen LogP contribution in [0.5, 0.6) is 0 Å². The van der Waals surface area contributed by atoms with Crippen molar-refractivity contribution in [2.75, 3.05) is 0 Å². The third-order valence-corrected chi connectivity index (χ3v) is 5.62. The summed E-state index contributed by atoms with van der Waals surface area (Å²) < 4.78 is 2.36. The highest BCUT2D eigenvalue weighted by Crippen LogP contribution is 2.25. The number of nitro benzene ring substituents is 1. The zero-order valence-corrected chi connectivity index (χ0v) is 15.8. The minimum Gasteiger partial charge on any atom is -0.312 e. The van der Waals surface area contributed by atoms with Crippen molar-refractivity contribution in [3.63, 3.8) is 0 Å². The van der Waals surface area contributed by atoms with Gasteiger partial charge in [-0.25, -0.2) is 0 Å². The molecule has 0 bridgehead atoms. The monoisotopic (exact) mass is 416 g/mol. The normalized spacial score (nSPS) is 11.9. The molecule has 0 aliphatic heterocycles. The van der Waals surface area contributed by atoms with E-state index in [9.17, 15) is 25.0 Å². The summed E-state index contributed by atoms with van der Waals surface area (Å²) in [5.74, 6) is -0.546. The van der Waals surface area contributed by atoms with Gasteiger partial charge in [-0.1, -0.05) is 28.7 Å². The fourth-order valence-electron chi connectivity index (χ4n) is 2.38. The molecular formula is C17H12N4O5S2. The Morgan fingerprint density at radius 3 is 2.61 bits per heavy atom. The molecule has 28 heavy (non-hydrogen) atoms. The van der Waals surface area contributed by atoms with Gasteiger partial charge in [0.05, 0.1) is 20.1 Å². The number of non-ortho nitro benzene ring substituents is 1. The fraction of sp³-hybridized carbons (Fsp3) is 0.0588. The SMILES string of the molecule is C=CCn1c(=NC(=O)/C=C\c2ccc([N+](=O)[O-])s2)sc2cc([N+](=O)[O-])ccc21. The Balaban J connectivity index is 1.96. The number of fused-ring (bicyclic) bond motifs is 1. The van der Waals surface area contributed by atoms with Crippen LogP contribution in [-0.2, 0) is 11.3 Å². The molecule has 2 heterocycles. The first-order valence-electron chi connectivity index (χ1n) is 7.78. The number of amides is 1. The average Bonchev–Trinajstić information content (AvgIpc) is 3.25. The molecule has 0 N–H and O–H groups in total. The summed E-state index contributed by atoms with van der Waals surface area (Å²) in [4.78, 5) is 37.9. The van der Waals surface area contributed by atoms with Crippen LogP contribution in [0.2, 0.25) is 0 Å². The van der Waals surface area contributed by atoms with E-state index in [4.69, 9.17) is 0 Å². The number of nitrogens with zero attached hydrogens (tertiary/aromatic N) is 4. The van der Waals surface area contributed by atoms with Crippen molar-refractivity contribution in [2.24, 2.45) is 4.99 Å². The minimum absolute atomic E-state index is 0.0148. The van der Waals surface area contributed by atoms with Gasteiger partial charge >= 0.3 is 5.00 Å². The molecule has 0 aliphatic rings. The highest BCUT2D eigenvalue weighted by Gasteiger charge is 2.12. The van der Waals surface area contributed by atoms with E-state index in [1.54, 1.807) is 22.8 Å². The van der Waals surface area contributed by atoms with Gasteiger partial charge in [0.15, 0.2) is 4.80 Å². The first-order chi connectivity index (χ1) is 13.4. The van der Waals surface area contributed by atoms with Crippen molar-refractivity contribution in [3.8, 4) is 0 Å². The minimum atomic E-state index is -0.546. The molecule has 1 aromatic carbocycles. The number of aromatic nitrogens is 1. The molecule has 0 unspecified atom stereocenters. The number of carbonyl (C=O) groups excluding carboxylic acids is 1. The number of hydrogen-bond acceptors (Lipinski definition) is 7. The number of thiophene rings is 1. The lowest BCUT2D eigenvalue weighted by Crippen LogP contribution is -2.15. The van der Waals surface area contributed by atoms with E-state index >= 15 is 0 Å². The maximum atomic E-state index is 12.2. The number of benzene rings is 1. The van der Waals surface area contributed by atoms with Crippen LogP contribution in [0.1, 0.15) is 4.88 Å². The summed E-state index contributed by atoms with van der Waals surface area (Å²) in [7, 11) is 0. The van der Waals surface area contributed by atoms with Crippen molar-refractivity contribution >= 4 is 55.6 Å². The molecule has 3 rings (SSSR count). The van der Waals surface area contributed by atoms with Gasteiger partial charge in [0.1, 0.15) is 0 Å². The van der Waals surface area contributed by atoms with Crippen molar-refractivity contribution in [1.82, 2.24) is 4.57 Å². The van der Waals surface area contributed by atoms with E-state index in [0.29, 0.717) is 26.4 Å². The smallest absolute Gasteiger partial charge is 0.312 e. The highest BCUT2D eigenvalue weighted by atomic mass is 32.1. The molecule has 0 fully saturated rings. The Labute approximate surface area is 165 Å². The summed E-state index contributed by atoms with van der Waals surface area (Å²) in [5, 5.41) is 21.6. The zero-order valence-electron chi connectivity index (χ0n) is 14.2. The van der Waals surface area contributed by atoms with E-state index in [1.807, 2.05) is 0 Å². The molecule has 1 amide bonds. The lowest BCUT2D eigenvalue weighted by Gasteiger charge is -2.00. The third kappa shape index (κ3) is 4.10. The van der Waals surface area contributed by atoms with Crippen LogP contribution >= 0.6 is 22.7 Å². The van der Waals surface area contributed by atoms with Gasteiger partial charge in [0.25, 0.3) is 11.6 Å². The molecule has 9 nitrogen and oxygen atoms in total. The summed E-state index contributed by atoms with van der Waals surface area (Å²) in [6, 6.07) is 7.34. The van der Waals surface area contributed by atoms with Crippen LogP contribution in [0, 0.1) is 20.2 Å². The number of carbonyl (C=O) groups is 1. The predicted molar refractivity (Wildman–Crippen MR) is 107 cm³/mol. The Kier molecular flexibility index (Phi) is 5.57. The van der Waals surface area contributed by atoms with Gasteiger partial charge in [-0.2, -0.15) is 4.99 Å². The second kappa shape index (κ2) is 8.06. The van der Waals surface area contributed by atoms with Crippen LogP contribution in [-0.4, -0.2) is 20.3 Å². The van der Waals surface area contributed by atoms with E-state index in [0.717, 1.165) is 22.7 Å². The van der Waals surface area contributed by atoms with E-state index in [1.165, 1.54) is 30.4 Å². The Bertz CT molecular complexity index is 1200. The molecule has 0 atom stereocenters. The summed E-state index contributed by atoms with van der Waals surface area (Å²) in [6.07, 6.45) is 4.32. The standard InChI is InChI=1S/C17H12N4O5S2/c1-2-9-19-13-6-3-11(20(23)24)10-14(13)28-17(19)18-15(22)7-4-12-5-8-16(27-12)21(25)26/h2-8,10H,1,9H2/b7-4-,18-17?. The molecule has 0 aliphatic carbocycles. The molecule has 0 radical (unpaired) electrons. The maximum absolute atomic E-state index is 12.2. The van der Waals surface area contributed by atoms with Crippen molar-refractivity contribution in [3.05, 3.63) is 79.0 Å². The number of hydrogen-bond donors (Lipinski definition) is 0. The molecule has 0 saturated carbocycles. The molecule has 0 spiro atoms. The van der Waals surface area contributed by atoms with Crippen LogP contribution in [0.15, 0.2) is 54.1 Å². The van der Waals surface area contributed by atoms with Gasteiger partial charge in [-0.3, -0.25) is 25.0 Å². The van der Waals surface area contributed by atoms with Crippen LogP contribution < -0.4 is 4.80 Å². The van der Waals surface area contributed by atoms with Crippen molar-refractivity contribution in [1.29, 1.82) is 0 Å². The lowest BCUT2D eigenvalue weighted by atomic mass is 10.3. The lowest BCUT2D eigenvalue weighted by molar-refractivity contribution is -0.384. The molecular weight excluding hydrogens is 404 g/mol. The highest BCUT2D eigenvalue weighted by molar-refractivity contribution is 7.16. The van der Waals surface area contributed by atoms with E-state index < -0.39 is 15.8 Å². The predicted octanol–water partition coefficient (Wildman–Crippen LogP) is 3.91.